The van der Waals surface area contributed by atoms with Crippen molar-refractivity contribution < 1.29 is 22.8 Å². The van der Waals surface area contributed by atoms with E-state index in [0.717, 1.165) is 5.56 Å². The van der Waals surface area contributed by atoms with Gasteiger partial charge < -0.3 is 14.6 Å². The molecule has 0 unspecified atom stereocenters. The molecule has 0 radical (unpaired) electrons. The minimum absolute atomic E-state index is 0.0258. The van der Waals surface area contributed by atoms with Gasteiger partial charge in [0.1, 0.15) is 5.75 Å². The number of anilines is 1. The summed E-state index contributed by atoms with van der Waals surface area (Å²) >= 11 is 0. The smallest absolute Gasteiger partial charge is 0.387 e. The average Bonchev–Trinajstić information content (AvgIpc) is 3.17. The van der Waals surface area contributed by atoms with Crippen LogP contribution in [0.5, 0.6) is 5.75 Å². The first-order chi connectivity index (χ1) is 13.9. The molecule has 152 valence electrons. The lowest BCUT2D eigenvalue weighted by atomic mass is 10.0. The second-order valence-corrected chi connectivity index (χ2v) is 6.74. The first-order valence-electron chi connectivity index (χ1n) is 9.18. The van der Waals surface area contributed by atoms with Gasteiger partial charge in [0.15, 0.2) is 0 Å². The zero-order chi connectivity index (χ0) is 20.8. The van der Waals surface area contributed by atoms with Crippen LogP contribution >= 0.6 is 0 Å². The lowest BCUT2D eigenvalue weighted by Gasteiger charge is -2.07. The molecule has 8 heteroatoms. The topological polar surface area (TPSA) is 77.2 Å². The number of ether oxygens (including phenoxy) is 1. The number of carbonyl (C=O) groups excluding carboxylic acids is 1. The number of halogens is 2. The van der Waals surface area contributed by atoms with Crippen molar-refractivity contribution in [2.45, 2.75) is 39.2 Å². The number of nitrogens with one attached hydrogen (secondary N) is 1. The van der Waals surface area contributed by atoms with E-state index >= 15 is 0 Å². The minimum Gasteiger partial charge on any atom is -0.435 e. The number of hydrogen-bond acceptors (Lipinski definition) is 5. The molecule has 2 aromatic carbocycles. The number of hydrogen-bond donors (Lipinski definition) is 1. The van der Waals surface area contributed by atoms with Crippen LogP contribution in [0.3, 0.4) is 0 Å². The molecule has 6 nitrogen and oxygen atoms in total. The summed E-state index contributed by atoms with van der Waals surface area (Å²) in [6.07, 6.45) is 0.429. The predicted molar refractivity (Wildman–Crippen MR) is 104 cm³/mol. The number of rotatable bonds is 8. The Morgan fingerprint density at radius 2 is 1.79 bits per heavy atom. The number of carbonyl (C=O) groups is 1. The molecule has 3 rings (SSSR count). The van der Waals surface area contributed by atoms with Crippen LogP contribution in [0.2, 0.25) is 0 Å². The number of amides is 1. The van der Waals surface area contributed by atoms with E-state index in [0.29, 0.717) is 23.3 Å². The summed E-state index contributed by atoms with van der Waals surface area (Å²) in [6.45, 7) is 1.36. The maximum atomic E-state index is 12.1. The molecular formula is C21H21F2N3O3. The normalized spacial score (nSPS) is 11.1. The molecule has 0 atom stereocenters. The highest BCUT2D eigenvalue weighted by atomic mass is 19.3. The van der Waals surface area contributed by atoms with E-state index < -0.39 is 6.61 Å². The number of aromatic nitrogens is 2. The molecule has 0 fully saturated rings. The van der Waals surface area contributed by atoms with Crippen molar-refractivity contribution in [3.63, 3.8) is 0 Å². The summed E-state index contributed by atoms with van der Waals surface area (Å²) < 4.78 is 33.8. The van der Waals surface area contributed by atoms with Crippen molar-refractivity contribution in [2.75, 3.05) is 5.32 Å². The first kappa shape index (κ1) is 20.4. The van der Waals surface area contributed by atoms with E-state index in [9.17, 15) is 13.6 Å². The number of nitrogens with zero attached hydrogens (tertiary/aromatic N) is 2. The quantitative estimate of drug-likeness (QED) is 0.573. The van der Waals surface area contributed by atoms with Gasteiger partial charge in [0.05, 0.1) is 0 Å². The summed E-state index contributed by atoms with van der Waals surface area (Å²) in [7, 11) is 0. The van der Waals surface area contributed by atoms with E-state index in [1.807, 2.05) is 24.3 Å². The van der Waals surface area contributed by atoms with E-state index in [-0.39, 0.29) is 24.5 Å². The third kappa shape index (κ3) is 5.84. The summed E-state index contributed by atoms with van der Waals surface area (Å²) in [6, 6.07) is 13.6. The highest BCUT2D eigenvalue weighted by Crippen LogP contribution is 2.21. The fraction of sp³-hybridized carbons (Fsp3) is 0.286. The monoisotopic (exact) mass is 401 g/mol. The summed E-state index contributed by atoms with van der Waals surface area (Å²) in [5.41, 5.74) is 2.55. The minimum atomic E-state index is -2.89. The van der Waals surface area contributed by atoms with Crippen molar-refractivity contribution in [3.05, 3.63) is 60.0 Å². The second kappa shape index (κ2) is 9.27. The van der Waals surface area contributed by atoms with Gasteiger partial charge in [-0.05, 0) is 35.7 Å². The lowest BCUT2D eigenvalue weighted by molar-refractivity contribution is -0.116. The Balaban J connectivity index is 1.52. The van der Waals surface area contributed by atoms with Gasteiger partial charge in [0, 0.05) is 24.1 Å². The van der Waals surface area contributed by atoms with Gasteiger partial charge >= 0.3 is 6.61 Å². The van der Waals surface area contributed by atoms with Crippen molar-refractivity contribution in [1.82, 2.24) is 10.1 Å². The zero-order valence-corrected chi connectivity index (χ0v) is 16.1. The third-order valence-corrected chi connectivity index (χ3v) is 4.23. The van der Waals surface area contributed by atoms with Gasteiger partial charge in [-0.15, -0.1) is 0 Å². The Hall–Kier alpha value is -3.29. The van der Waals surface area contributed by atoms with E-state index in [1.54, 1.807) is 0 Å². The Kier molecular flexibility index (Phi) is 6.54. The maximum Gasteiger partial charge on any atom is 0.387 e. The van der Waals surface area contributed by atoms with Gasteiger partial charge in [0.2, 0.25) is 17.6 Å². The average molecular weight is 401 g/mol. The molecule has 0 saturated heterocycles. The summed E-state index contributed by atoms with van der Waals surface area (Å²) in [5.74, 6) is 1.05. The number of aryl methyl sites for hydroxylation is 1. The SMILES string of the molecule is CC(C)c1ccc(-c2noc(CCC(=O)Nc3ccc(OC(F)F)cc3)n2)cc1. The summed E-state index contributed by atoms with van der Waals surface area (Å²) in [5, 5.41) is 6.64. The molecule has 0 saturated carbocycles. The Bertz CT molecular complexity index is 939. The number of benzene rings is 2. The van der Waals surface area contributed by atoms with Crippen LogP contribution in [0, 0.1) is 0 Å². The van der Waals surface area contributed by atoms with Crippen LogP contribution in [-0.2, 0) is 11.2 Å². The molecule has 1 aromatic heterocycles. The largest absolute Gasteiger partial charge is 0.435 e. The van der Waals surface area contributed by atoms with Crippen LogP contribution in [0.15, 0.2) is 53.1 Å². The highest BCUT2D eigenvalue weighted by Gasteiger charge is 2.12. The van der Waals surface area contributed by atoms with E-state index in [4.69, 9.17) is 4.52 Å². The fourth-order valence-electron chi connectivity index (χ4n) is 2.65. The van der Waals surface area contributed by atoms with Crippen LogP contribution in [-0.4, -0.2) is 22.7 Å². The standard InChI is InChI=1S/C21H21F2N3O3/c1-13(2)14-3-5-15(6-4-14)20-25-19(29-26-20)12-11-18(27)24-16-7-9-17(10-8-16)28-21(22)23/h3-10,13,21H,11-12H2,1-2H3,(H,24,27). The van der Waals surface area contributed by atoms with Crippen LogP contribution in [0.1, 0.15) is 37.6 Å². The highest BCUT2D eigenvalue weighted by molar-refractivity contribution is 5.90. The molecule has 0 aliphatic heterocycles. The van der Waals surface area contributed by atoms with Gasteiger partial charge in [-0.1, -0.05) is 43.3 Å². The summed E-state index contributed by atoms with van der Waals surface area (Å²) in [4.78, 5) is 16.4. The Morgan fingerprint density at radius 3 is 2.41 bits per heavy atom. The Labute approximate surface area is 166 Å². The molecule has 3 aromatic rings. The molecule has 1 amide bonds. The van der Waals surface area contributed by atoms with Crippen molar-refractivity contribution in [1.29, 1.82) is 0 Å². The molecule has 1 heterocycles. The maximum absolute atomic E-state index is 12.1. The van der Waals surface area contributed by atoms with Crippen molar-refractivity contribution >= 4 is 11.6 Å². The Morgan fingerprint density at radius 1 is 1.10 bits per heavy atom. The second-order valence-electron chi connectivity index (χ2n) is 6.74. The van der Waals surface area contributed by atoms with Crippen LogP contribution < -0.4 is 10.1 Å². The van der Waals surface area contributed by atoms with Crippen LogP contribution in [0.4, 0.5) is 14.5 Å². The fourth-order valence-corrected chi connectivity index (χ4v) is 2.65. The van der Waals surface area contributed by atoms with Gasteiger partial charge in [0.25, 0.3) is 0 Å². The molecule has 0 bridgehead atoms. The zero-order valence-electron chi connectivity index (χ0n) is 16.1. The molecule has 1 N–H and O–H groups in total. The van der Waals surface area contributed by atoms with Gasteiger partial charge in [-0.3, -0.25) is 4.79 Å². The van der Waals surface area contributed by atoms with E-state index in [2.05, 4.69) is 34.0 Å². The first-order valence-corrected chi connectivity index (χ1v) is 9.18. The van der Waals surface area contributed by atoms with Crippen LogP contribution in [0.25, 0.3) is 11.4 Å². The molecule has 0 aliphatic rings. The molecule has 29 heavy (non-hydrogen) atoms. The van der Waals surface area contributed by atoms with E-state index in [1.165, 1.54) is 29.8 Å². The van der Waals surface area contributed by atoms with Gasteiger partial charge in [-0.25, -0.2) is 0 Å². The van der Waals surface area contributed by atoms with Crippen molar-refractivity contribution in [3.8, 4) is 17.1 Å². The molecule has 0 aliphatic carbocycles. The van der Waals surface area contributed by atoms with Gasteiger partial charge in [-0.2, -0.15) is 13.8 Å². The number of alkyl halides is 2. The molecular weight excluding hydrogens is 380 g/mol. The lowest BCUT2D eigenvalue weighted by Crippen LogP contribution is -2.12. The van der Waals surface area contributed by atoms with Crippen molar-refractivity contribution in [2.24, 2.45) is 0 Å². The third-order valence-electron chi connectivity index (χ3n) is 4.23. The predicted octanol–water partition coefficient (Wildman–Crippen LogP) is 5.03. The molecule has 0 spiro atoms.